The highest BCUT2D eigenvalue weighted by Crippen LogP contribution is 2.17. The van der Waals surface area contributed by atoms with Gasteiger partial charge in [-0.3, -0.25) is 0 Å². The lowest BCUT2D eigenvalue weighted by atomic mass is 10.1. The molecule has 70 valence electrons. The van der Waals surface area contributed by atoms with Crippen molar-refractivity contribution in [2.24, 2.45) is 0 Å². The second-order valence-corrected chi connectivity index (χ2v) is 2.95. The maximum absolute atomic E-state index is 3.34. The minimum Gasteiger partial charge on any atom is -1.00 e. The maximum Gasteiger partial charge on any atom is 0.191 e. The van der Waals surface area contributed by atoms with Crippen molar-refractivity contribution < 1.29 is 17.0 Å². The van der Waals surface area contributed by atoms with Gasteiger partial charge in [-0.05, 0) is 18.2 Å². The Morgan fingerprint density at radius 1 is 1.00 bits per heavy atom. The lowest BCUT2D eigenvalue weighted by Gasteiger charge is -1.89. The summed E-state index contributed by atoms with van der Waals surface area (Å²) in [7, 11) is 0. The van der Waals surface area contributed by atoms with Crippen LogP contribution in [0, 0.1) is 6.08 Å². The van der Waals surface area contributed by atoms with Gasteiger partial charge >= 0.3 is 0 Å². The molecule has 14 heavy (non-hydrogen) atoms. The summed E-state index contributed by atoms with van der Waals surface area (Å²) in [6.07, 6.45) is 12.6. The number of halogens is 1. The lowest BCUT2D eigenvalue weighted by Crippen LogP contribution is -3.00. The molecule has 0 radical (unpaired) electrons. The Labute approximate surface area is 95.4 Å². The van der Waals surface area contributed by atoms with Crippen molar-refractivity contribution in [3.8, 4) is 0 Å². The largest absolute Gasteiger partial charge is 1.00 e. The van der Waals surface area contributed by atoms with Crippen LogP contribution in [0.5, 0.6) is 0 Å². The molecule has 0 saturated heterocycles. The highest BCUT2D eigenvalue weighted by atomic mass is 79.9. The van der Waals surface area contributed by atoms with Gasteiger partial charge in [0, 0.05) is 18.2 Å². The zero-order valence-corrected chi connectivity index (χ0v) is 9.37. The lowest BCUT2D eigenvalue weighted by molar-refractivity contribution is -0.00000251. The average molecular weight is 247 g/mol. The smallest absolute Gasteiger partial charge is 0.191 e. The topological polar surface area (TPSA) is 0 Å². The summed E-state index contributed by atoms with van der Waals surface area (Å²) in [5.74, 6) is 0. The van der Waals surface area contributed by atoms with Crippen molar-refractivity contribution >= 4 is 5.57 Å². The third-order valence-electron chi connectivity index (χ3n) is 2.01. The monoisotopic (exact) mass is 246 g/mol. The molecule has 2 rings (SSSR count). The molecule has 0 aliphatic heterocycles. The van der Waals surface area contributed by atoms with Gasteiger partial charge in [0.25, 0.3) is 0 Å². The first-order valence-electron chi connectivity index (χ1n) is 4.46. The van der Waals surface area contributed by atoms with Gasteiger partial charge in [0.05, 0.1) is 18.1 Å². The molecule has 0 aromatic heterocycles. The molecule has 1 aromatic carbocycles. The molecule has 1 aliphatic rings. The Morgan fingerprint density at radius 2 is 1.79 bits per heavy atom. The minimum atomic E-state index is 0. The molecule has 1 heteroatoms. The van der Waals surface area contributed by atoms with Gasteiger partial charge in [-0.15, -0.1) is 0 Å². The Hall–Kier alpha value is -1.17. The van der Waals surface area contributed by atoms with E-state index in [1.807, 2.05) is 6.07 Å². The predicted molar refractivity (Wildman–Crippen MR) is 56.0 cm³/mol. The normalized spacial score (nSPS) is 13.6. The molecule has 0 atom stereocenters. The number of rotatable bonds is 1. The summed E-state index contributed by atoms with van der Waals surface area (Å²) < 4.78 is 0. The standard InChI is InChI=1S/C13H11.BrH/c1-2-5-9-12(8-4-1)13-10-6-3-7-11-13;/h1-4,6-8,10-11H,5H2;1H/q+1;/p-1. The Bertz CT molecular complexity index is 358. The van der Waals surface area contributed by atoms with Crippen molar-refractivity contribution in [2.75, 3.05) is 0 Å². The Morgan fingerprint density at radius 3 is 2.57 bits per heavy atom. The molecule has 0 bridgehead atoms. The highest BCUT2D eigenvalue weighted by Gasteiger charge is 2.07. The molecule has 0 spiro atoms. The van der Waals surface area contributed by atoms with Crippen LogP contribution in [0.3, 0.4) is 0 Å². The summed E-state index contributed by atoms with van der Waals surface area (Å²) in [6.45, 7) is 0. The molecule has 1 aliphatic carbocycles. The quantitative estimate of drug-likeness (QED) is 0.630. The molecular formula is C13H11Br. The van der Waals surface area contributed by atoms with Crippen molar-refractivity contribution in [2.45, 2.75) is 6.42 Å². The van der Waals surface area contributed by atoms with Crippen LogP contribution in [0.15, 0.2) is 54.6 Å². The third kappa shape index (κ3) is 2.66. The van der Waals surface area contributed by atoms with Gasteiger partial charge in [-0.25, -0.2) is 0 Å². The van der Waals surface area contributed by atoms with E-state index < -0.39 is 0 Å². The number of hydrogen-bond donors (Lipinski definition) is 0. The summed E-state index contributed by atoms with van der Waals surface area (Å²) >= 11 is 0. The molecule has 0 fully saturated rings. The minimum absolute atomic E-state index is 0. The molecule has 0 saturated carbocycles. The van der Waals surface area contributed by atoms with E-state index in [4.69, 9.17) is 0 Å². The van der Waals surface area contributed by atoms with Gasteiger partial charge in [-0.1, -0.05) is 18.2 Å². The Kier molecular flexibility index (Phi) is 4.31. The molecule has 0 amide bonds. The third-order valence-corrected chi connectivity index (χ3v) is 2.01. The van der Waals surface area contributed by atoms with E-state index in [2.05, 4.69) is 54.6 Å². The molecule has 0 N–H and O–H groups in total. The van der Waals surface area contributed by atoms with Gasteiger partial charge in [0.15, 0.2) is 5.57 Å². The van der Waals surface area contributed by atoms with Crippen LogP contribution in [0.4, 0.5) is 0 Å². The fourth-order valence-corrected chi connectivity index (χ4v) is 1.34. The van der Waals surface area contributed by atoms with Crippen LogP contribution in [-0.2, 0) is 0 Å². The molecule has 0 heterocycles. The van der Waals surface area contributed by atoms with Gasteiger partial charge in [0.1, 0.15) is 0 Å². The summed E-state index contributed by atoms with van der Waals surface area (Å²) in [4.78, 5) is 0. The summed E-state index contributed by atoms with van der Waals surface area (Å²) in [5.41, 5.74) is 2.42. The highest BCUT2D eigenvalue weighted by molar-refractivity contribution is 5.73. The number of hydrogen-bond acceptors (Lipinski definition) is 0. The van der Waals surface area contributed by atoms with Crippen molar-refractivity contribution in [3.05, 3.63) is 66.3 Å². The maximum atomic E-state index is 3.34. The first-order chi connectivity index (χ1) is 6.47. The molecule has 0 unspecified atom stereocenters. The van der Waals surface area contributed by atoms with Crippen LogP contribution in [-0.4, -0.2) is 0 Å². The molecular weight excluding hydrogens is 236 g/mol. The first kappa shape index (κ1) is 10.9. The van der Waals surface area contributed by atoms with E-state index in [1.54, 1.807) is 0 Å². The number of benzene rings is 1. The van der Waals surface area contributed by atoms with E-state index in [9.17, 15) is 0 Å². The SMILES string of the molecule is [Br-].[C+]1=C(c2ccccc2)C=CC=CC1. The van der Waals surface area contributed by atoms with Crippen LogP contribution < -0.4 is 17.0 Å². The molecule has 0 nitrogen and oxygen atoms in total. The van der Waals surface area contributed by atoms with Crippen LogP contribution in [0.25, 0.3) is 5.57 Å². The zero-order chi connectivity index (χ0) is 8.93. The van der Waals surface area contributed by atoms with Crippen LogP contribution in [0.2, 0.25) is 0 Å². The fourth-order valence-electron chi connectivity index (χ4n) is 1.34. The second-order valence-electron chi connectivity index (χ2n) is 2.95. The van der Waals surface area contributed by atoms with Crippen molar-refractivity contribution in [1.82, 2.24) is 0 Å². The van der Waals surface area contributed by atoms with Gasteiger partial charge < -0.3 is 17.0 Å². The van der Waals surface area contributed by atoms with Gasteiger partial charge in [-0.2, -0.15) is 0 Å². The molecule has 1 aromatic rings. The number of allylic oxidation sites excluding steroid dienone is 6. The fraction of sp³-hybridized carbons (Fsp3) is 0.0769. The zero-order valence-electron chi connectivity index (χ0n) is 7.78. The van der Waals surface area contributed by atoms with Gasteiger partial charge in [0.2, 0.25) is 0 Å². The summed E-state index contributed by atoms with van der Waals surface area (Å²) in [5, 5.41) is 0. The first-order valence-corrected chi connectivity index (χ1v) is 4.46. The average Bonchev–Trinajstić information content (AvgIpc) is 2.47. The van der Waals surface area contributed by atoms with Crippen molar-refractivity contribution in [3.63, 3.8) is 0 Å². The van der Waals surface area contributed by atoms with Crippen molar-refractivity contribution in [1.29, 1.82) is 0 Å². The van der Waals surface area contributed by atoms with E-state index in [0.717, 1.165) is 6.42 Å². The second kappa shape index (κ2) is 5.54. The Balaban J connectivity index is 0.000000980. The van der Waals surface area contributed by atoms with E-state index in [-0.39, 0.29) is 17.0 Å². The van der Waals surface area contributed by atoms with Crippen LogP contribution in [0.1, 0.15) is 12.0 Å². The summed E-state index contributed by atoms with van der Waals surface area (Å²) in [6, 6.07) is 10.4. The predicted octanol–water partition coefficient (Wildman–Crippen LogP) is 0.393. The van der Waals surface area contributed by atoms with Crippen LogP contribution >= 0.6 is 0 Å². The van der Waals surface area contributed by atoms with E-state index in [1.165, 1.54) is 11.1 Å². The van der Waals surface area contributed by atoms with E-state index >= 15 is 0 Å². The van der Waals surface area contributed by atoms with E-state index in [0.29, 0.717) is 0 Å².